The lowest BCUT2D eigenvalue weighted by Gasteiger charge is -2.13. The lowest BCUT2D eigenvalue weighted by Crippen LogP contribution is -2.19. The molecule has 0 heterocycles. The molecule has 0 spiro atoms. The summed E-state index contributed by atoms with van der Waals surface area (Å²) in [7, 11) is 3.28. The Labute approximate surface area is 108 Å². The lowest BCUT2D eigenvalue weighted by atomic mass is 10.2. The zero-order chi connectivity index (χ0) is 13.2. The Morgan fingerprint density at radius 1 is 1.22 bits per heavy atom. The molecular weight excluding hydrogens is 234 g/mol. The summed E-state index contributed by atoms with van der Waals surface area (Å²) in [6, 6.07) is 5.66. The van der Waals surface area contributed by atoms with Crippen LogP contribution in [0.3, 0.4) is 0 Å². The number of aliphatic hydroxyl groups is 1. The van der Waals surface area contributed by atoms with E-state index in [1.165, 1.54) is 0 Å². The predicted octanol–water partition coefficient (Wildman–Crippen LogP) is 0.802. The highest BCUT2D eigenvalue weighted by molar-refractivity contribution is 5.40. The first-order valence-corrected chi connectivity index (χ1v) is 5.92. The number of hydrogen-bond acceptors (Lipinski definition) is 5. The summed E-state index contributed by atoms with van der Waals surface area (Å²) in [5.74, 6) is 1.47. The molecular formula is C13H21NO4. The minimum absolute atomic E-state index is 0.00620. The Morgan fingerprint density at radius 3 is 2.72 bits per heavy atom. The zero-order valence-corrected chi connectivity index (χ0v) is 10.9. The normalized spacial score (nSPS) is 10.4. The molecule has 0 saturated carbocycles. The summed E-state index contributed by atoms with van der Waals surface area (Å²) in [6.45, 7) is 2.41. The first kappa shape index (κ1) is 14.8. The highest BCUT2D eigenvalue weighted by Crippen LogP contribution is 2.24. The van der Waals surface area contributed by atoms with E-state index in [1.54, 1.807) is 14.2 Å². The van der Waals surface area contributed by atoms with E-state index in [2.05, 4.69) is 5.32 Å². The van der Waals surface area contributed by atoms with Crippen LogP contribution in [0.15, 0.2) is 18.2 Å². The van der Waals surface area contributed by atoms with E-state index in [-0.39, 0.29) is 13.2 Å². The van der Waals surface area contributed by atoms with Gasteiger partial charge in [0, 0.05) is 31.8 Å². The van der Waals surface area contributed by atoms with Crippen molar-refractivity contribution in [3.05, 3.63) is 23.8 Å². The quantitative estimate of drug-likeness (QED) is 0.639. The molecule has 5 heteroatoms. The van der Waals surface area contributed by atoms with Gasteiger partial charge in [-0.05, 0) is 6.07 Å². The van der Waals surface area contributed by atoms with E-state index in [9.17, 15) is 0 Å². The predicted molar refractivity (Wildman–Crippen MR) is 69.2 cm³/mol. The van der Waals surface area contributed by atoms with Gasteiger partial charge < -0.3 is 24.6 Å². The third kappa shape index (κ3) is 4.91. The summed E-state index contributed by atoms with van der Waals surface area (Å²) in [6.07, 6.45) is 0. The third-order valence-corrected chi connectivity index (χ3v) is 2.42. The Hall–Kier alpha value is -1.30. The molecule has 1 aromatic rings. The van der Waals surface area contributed by atoms with Gasteiger partial charge in [0.1, 0.15) is 18.1 Å². The van der Waals surface area contributed by atoms with Gasteiger partial charge >= 0.3 is 0 Å². The molecule has 5 nitrogen and oxygen atoms in total. The van der Waals surface area contributed by atoms with Gasteiger partial charge in [-0.25, -0.2) is 0 Å². The average Bonchev–Trinajstić information content (AvgIpc) is 2.42. The summed E-state index contributed by atoms with van der Waals surface area (Å²) in [4.78, 5) is 0. The Morgan fingerprint density at radius 2 is 2.06 bits per heavy atom. The zero-order valence-electron chi connectivity index (χ0n) is 10.9. The SMILES string of the molecule is COCCNCc1ccc(OC)cc1OCCO. The molecule has 102 valence electrons. The number of hydrogen-bond donors (Lipinski definition) is 2. The van der Waals surface area contributed by atoms with Crippen LogP contribution >= 0.6 is 0 Å². The Balaban J connectivity index is 2.62. The number of aliphatic hydroxyl groups excluding tert-OH is 1. The van der Waals surface area contributed by atoms with Crippen LogP contribution in [0.2, 0.25) is 0 Å². The summed E-state index contributed by atoms with van der Waals surface area (Å²) < 4.78 is 15.6. The van der Waals surface area contributed by atoms with Gasteiger partial charge in [-0.15, -0.1) is 0 Å². The summed E-state index contributed by atoms with van der Waals surface area (Å²) in [5.41, 5.74) is 1.03. The fourth-order valence-electron chi connectivity index (χ4n) is 1.50. The van der Waals surface area contributed by atoms with Gasteiger partial charge in [-0.3, -0.25) is 0 Å². The Bertz CT molecular complexity index is 344. The molecule has 0 aliphatic heterocycles. The molecule has 2 N–H and O–H groups in total. The van der Waals surface area contributed by atoms with Crippen LogP contribution in [-0.4, -0.2) is 45.7 Å². The molecule has 0 bridgehead atoms. The lowest BCUT2D eigenvalue weighted by molar-refractivity contribution is 0.196. The monoisotopic (exact) mass is 255 g/mol. The van der Waals surface area contributed by atoms with Crippen molar-refractivity contribution in [1.82, 2.24) is 5.32 Å². The second kappa shape index (κ2) is 8.74. The van der Waals surface area contributed by atoms with Gasteiger partial charge in [0.25, 0.3) is 0 Å². The molecule has 0 radical (unpaired) electrons. The van der Waals surface area contributed by atoms with Crippen molar-refractivity contribution in [3.8, 4) is 11.5 Å². The van der Waals surface area contributed by atoms with E-state index in [0.29, 0.717) is 13.2 Å². The van der Waals surface area contributed by atoms with E-state index in [4.69, 9.17) is 19.3 Å². The third-order valence-electron chi connectivity index (χ3n) is 2.42. The first-order chi connectivity index (χ1) is 8.81. The van der Waals surface area contributed by atoms with Gasteiger partial charge in [0.2, 0.25) is 0 Å². The number of rotatable bonds is 9. The maximum atomic E-state index is 8.80. The standard InChI is InChI=1S/C13H21NO4/c1-16-7-5-14-10-11-3-4-12(17-2)9-13(11)18-8-6-15/h3-4,9,14-15H,5-8,10H2,1-2H3. The smallest absolute Gasteiger partial charge is 0.127 e. The minimum atomic E-state index is -0.00620. The molecule has 18 heavy (non-hydrogen) atoms. The van der Waals surface area contributed by atoms with Crippen molar-refractivity contribution in [2.24, 2.45) is 0 Å². The van der Waals surface area contributed by atoms with Crippen molar-refractivity contribution in [3.63, 3.8) is 0 Å². The van der Waals surface area contributed by atoms with Crippen molar-refractivity contribution < 1.29 is 19.3 Å². The maximum Gasteiger partial charge on any atom is 0.127 e. The molecule has 0 fully saturated rings. The van der Waals surface area contributed by atoms with Crippen LogP contribution in [-0.2, 0) is 11.3 Å². The van der Waals surface area contributed by atoms with Gasteiger partial charge in [0.05, 0.1) is 20.3 Å². The molecule has 0 unspecified atom stereocenters. The van der Waals surface area contributed by atoms with Crippen LogP contribution in [0.5, 0.6) is 11.5 Å². The van der Waals surface area contributed by atoms with Crippen molar-refractivity contribution >= 4 is 0 Å². The van der Waals surface area contributed by atoms with Gasteiger partial charge in [-0.1, -0.05) is 6.07 Å². The molecule has 1 aromatic carbocycles. The largest absolute Gasteiger partial charge is 0.497 e. The number of benzene rings is 1. The van der Waals surface area contributed by atoms with Crippen molar-refractivity contribution in [2.75, 3.05) is 40.6 Å². The first-order valence-electron chi connectivity index (χ1n) is 5.92. The fourth-order valence-corrected chi connectivity index (χ4v) is 1.50. The summed E-state index contributed by atoms with van der Waals surface area (Å²) >= 11 is 0. The van der Waals surface area contributed by atoms with Crippen molar-refractivity contribution in [2.45, 2.75) is 6.54 Å². The fraction of sp³-hybridized carbons (Fsp3) is 0.538. The van der Waals surface area contributed by atoms with Crippen LogP contribution in [0.4, 0.5) is 0 Å². The highest BCUT2D eigenvalue weighted by Gasteiger charge is 2.05. The number of methoxy groups -OCH3 is 2. The molecule has 0 aromatic heterocycles. The molecule has 0 atom stereocenters. The van der Waals surface area contributed by atoms with E-state index < -0.39 is 0 Å². The minimum Gasteiger partial charge on any atom is -0.497 e. The molecule has 0 amide bonds. The van der Waals surface area contributed by atoms with Crippen LogP contribution in [0, 0.1) is 0 Å². The van der Waals surface area contributed by atoms with E-state index in [0.717, 1.165) is 23.6 Å². The molecule has 1 rings (SSSR count). The molecule has 0 saturated heterocycles. The maximum absolute atomic E-state index is 8.80. The Kier molecular flexibility index (Phi) is 7.17. The number of ether oxygens (including phenoxy) is 3. The van der Waals surface area contributed by atoms with Gasteiger partial charge in [0.15, 0.2) is 0 Å². The molecule has 0 aliphatic rings. The summed E-state index contributed by atoms with van der Waals surface area (Å²) in [5, 5.41) is 12.1. The highest BCUT2D eigenvalue weighted by atomic mass is 16.5. The van der Waals surface area contributed by atoms with Crippen LogP contribution in [0.25, 0.3) is 0 Å². The van der Waals surface area contributed by atoms with Gasteiger partial charge in [-0.2, -0.15) is 0 Å². The van der Waals surface area contributed by atoms with Crippen LogP contribution in [0.1, 0.15) is 5.56 Å². The van der Waals surface area contributed by atoms with Crippen molar-refractivity contribution in [1.29, 1.82) is 0 Å². The average molecular weight is 255 g/mol. The van der Waals surface area contributed by atoms with E-state index >= 15 is 0 Å². The topological polar surface area (TPSA) is 60.0 Å². The second-order valence-electron chi connectivity index (χ2n) is 3.72. The van der Waals surface area contributed by atoms with E-state index in [1.807, 2.05) is 18.2 Å². The molecule has 0 aliphatic carbocycles. The van der Waals surface area contributed by atoms with Crippen LogP contribution < -0.4 is 14.8 Å². The second-order valence-corrected chi connectivity index (χ2v) is 3.72. The number of nitrogens with one attached hydrogen (secondary N) is 1.